The number of carbonyl (C=O) groups is 2. The molecule has 2 rings (SSSR count). The number of hydrogen-bond acceptors (Lipinski definition) is 5. The van der Waals surface area contributed by atoms with E-state index in [0.29, 0.717) is 15.0 Å². The lowest BCUT2D eigenvalue weighted by Gasteiger charge is -2.03. The van der Waals surface area contributed by atoms with Crippen LogP contribution < -0.4 is 5.32 Å². The molecule has 0 bridgehead atoms. The third-order valence-electron chi connectivity index (χ3n) is 2.96. The highest BCUT2D eigenvalue weighted by Gasteiger charge is 2.22. The summed E-state index contributed by atoms with van der Waals surface area (Å²) >= 11 is 4.66. The fourth-order valence-electron chi connectivity index (χ4n) is 1.76. The van der Waals surface area contributed by atoms with Crippen LogP contribution in [0.25, 0.3) is 0 Å². The smallest absolute Gasteiger partial charge is 0.340 e. The molecular formula is C13H14BrN3O3S. The number of aromatic nitrogens is 2. The first-order chi connectivity index (χ1) is 9.85. The van der Waals surface area contributed by atoms with Crippen LogP contribution in [0.1, 0.15) is 31.4 Å². The van der Waals surface area contributed by atoms with Crippen molar-refractivity contribution in [2.75, 3.05) is 12.4 Å². The number of nitrogens with one attached hydrogen (secondary N) is 1. The Morgan fingerprint density at radius 2 is 2.10 bits per heavy atom. The number of methoxy groups -OCH3 is 1. The average Bonchev–Trinajstić information content (AvgIpc) is 2.93. The highest BCUT2D eigenvalue weighted by molar-refractivity contribution is 9.10. The fourth-order valence-corrected chi connectivity index (χ4v) is 3.17. The van der Waals surface area contributed by atoms with Crippen molar-refractivity contribution in [1.29, 1.82) is 0 Å². The second-order valence-corrected chi connectivity index (χ2v) is 6.47. The zero-order valence-corrected chi connectivity index (χ0v) is 14.4. The normalized spacial score (nSPS) is 10.5. The standard InChI is InChI=1S/C13H14BrN3O3S/c1-6-5-8(13(19)20-4)12(21-6)15-11(18)10-9(14)7(2)17(3)16-10/h5H,1-4H3,(H,15,18). The third kappa shape index (κ3) is 3.01. The van der Waals surface area contributed by atoms with Crippen LogP contribution in [0.5, 0.6) is 0 Å². The van der Waals surface area contributed by atoms with Crippen LogP contribution in [0.2, 0.25) is 0 Å². The van der Waals surface area contributed by atoms with Gasteiger partial charge in [-0.1, -0.05) is 0 Å². The molecule has 6 nitrogen and oxygen atoms in total. The van der Waals surface area contributed by atoms with Crippen LogP contribution in [-0.4, -0.2) is 28.8 Å². The summed E-state index contributed by atoms with van der Waals surface area (Å²) < 4.78 is 6.96. The van der Waals surface area contributed by atoms with Crippen molar-refractivity contribution in [1.82, 2.24) is 9.78 Å². The van der Waals surface area contributed by atoms with E-state index in [1.165, 1.54) is 18.4 Å². The van der Waals surface area contributed by atoms with Crippen LogP contribution in [-0.2, 0) is 11.8 Å². The highest BCUT2D eigenvalue weighted by Crippen LogP contribution is 2.29. The Hall–Kier alpha value is -1.67. The number of hydrogen-bond donors (Lipinski definition) is 1. The Labute approximate surface area is 134 Å². The van der Waals surface area contributed by atoms with Gasteiger partial charge in [-0.2, -0.15) is 5.10 Å². The maximum Gasteiger partial charge on any atom is 0.340 e. The summed E-state index contributed by atoms with van der Waals surface area (Å²) in [6.45, 7) is 3.70. The number of carbonyl (C=O) groups excluding carboxylic acids is 2. The van der Waals surface area contributed by atoms with Gasteiger partial charge in [-0.15, -0.1) is 11.3 Å². The van der Waals surface area contributed by atoms with Crippen molar-refractivity contribution in [3.05, 3.63) is 32.4 Å². The first kappa shape index (κ1) is 15.7. The summed E-state index contributed by atoms with van der Waals surface area (Å²) in [5.41, 5.74) is 1.46. The molecule has 0 radical (unpaired) electrons. The van der Waals surface area contributed by atoms with E-state index in [0.717, 1.165) is 10.6 Å². The molecule has 112 valence electrons. The van der Waals surface area contributed by atoms with Crippen LogP contribution in [0.3, 0.4) is 0 Å². The number of halogens is 1. The third-order valence-corrected chi connectivity index (χ3v) is 4.88. The van der Waals surface area contributed by atoms with Crippen molar-refractivity contribution in [3.63, 3.8) is 0 Å². The molecule has 0 aliphatic heterocycles. The number of anilines is 1. The largest absolute Gasteiger partial charge is 0.465 e. The minimum absolute atomic E-state index is 0.275. The van der Waals surface area contributed by atoms with Crippen molar-refractivity contribution >= 4 is 44.1 Å². The van der Waals surface area contributed by atoms with E-state index in [-0.39, 0.29) is 11.6 Å². The molecule has 0 spiro atoms. The van der Waals surface area contributed by atoms with Crippen molar-refractivity contribution < 1.29 is 14.3 Å². The van der Waals surface area contributed by atoms with Gasteiger partial charge in [0.15, 0.2) is 5.69 Å². The molecule has 0 fully saturated rings. The second kappa shape index (κ2) is 5.98. The minimum Gasteiger partial charge on any atom is -0.465 e. The highest BCUT2D eigenvalue weighted by atomic mass is 79.9. The molecule has 0 atom stereocenters. The molecule has 0 saturated carbocycles. The Bertz CT molecular complexity index is 721. The lowest BCUT2D eigenvalue weighted by molar-refractivity contribution is 0.0602. The van der Waals surface area contributed by atoms with E-state index in [4.69, 9.17) is 4.74 Å². The van der Waals surface area contributed by atoms with Crippen molar-refractivity contribution in [3.8, 4) is 0 Å². The molecule has 0 saturated heterocycles. The van der Waals surface area contributed by atoms with E-state index in [2.05, 4.69) is 26.3 Å². The Morgan fingerprint density at radius 1 is 1.43 bits per heavy atom. The number of esters is 1. The number of nitrogens with zero attached hydrogens (tertiary/aromatic N) is 2. The van der Waals surface area contributed by atoms with Gasteiger partial charge < -0.3 is 10.1 Å². The molecule has 2 aromatic heterocycles. The first-order valence-corrected chi connectivity index (χ1v) is 7.65. The number of amides is 1. The summed E-state index contributed by atoms with van der Waals surface area (Å²) in [5.74, 6) is -0.858. The lowest BCUT2D eigenvalue weighted by Crippen LogP contribution is -2.15. The fraction of sp³-hybridized carbons (Fsp3) is 0.308. The summed E-state index contributed by atoms with van der Waals surface area (Å²) in [5, 5.41) is 7.33. The van der Waals surface area contributed by atoms with Crippen LogP contribution in [0, 0.1) is 13.8 Å². The summed E-state index contributed by atoms with van der Waals surface area (Å²) in [6.07, 6.45) is 0. The van der Waals surface area contributed by atoms with Gasteiger partial charge in [0.05, 0.1) is 22.8 Å². The zero-order chi connectivity index (χ0) is 15.7. The van der Waals surface area contributed by atoms with E-state index in [1.807, 2.05) is 13.8 Å². The first-order valence-electron chi connectivity index (χ1n) is 6.04. The van der Waals surface area contributed by atoms with Gasteiger partial charge in [0.25, 0.3) is 5.91 Å². The Morgan fingerprint density at radius 3 is 2.62 bits per heavy atom. The molecule has 2 heterocycles. The molecule has 8 heteroatoms. The quantitative estimate of drug-likeness (QED) is 0.841. The van der Waals surface area contributed by atoms with Crippen LogP contribution in [0.15, 0.2) is 10.5 Å². The van der Waals surface area contributed by atoms with Gasteiger partial charge in [-0.05, 0) is 35.8 Å². The predicted octanol–water partition coefficient (Wildman–Crippen LogP) is 2.90. The van der Waals surface area contributed by atoms with Crippen molar-refractivity contribution in [2.24, 2.45) is 7.05 Å². The van der Waals surface area contributed by atoms with E-state index in [1.54, 1.807) is 17.8 Å². The second-order valence-electron chi connectivity index (χ2n) is 4.42. The van der Waals surface area contributed by atoms with Gasteiger partial charge in [-0.3, -0.25) is 9.48 Å². The molecular weight excluding hydrogens is 358 g/mol. The number of thiophene rings is 1. The van der Waals surface area contributed by atoms with Crippen LogP contribution >= 0.6 is 27.3 Å². The zero-order valence-electron chi connectivity index (χ0n) is 12.0. The molecule has 0 unspecified atom stereocenters. The minimum atomic E-state index is -0.481. The molecule has 1 N–H and O–H groups in total. The number of aryl methyl sites for hydroxylation is 2. The van der Waals surface area contributed by atoms with Gasteiger partial charge >= 0.3 is 5.97 Å². The van der Waals surface area contributed by atoms with Gasteiger partial charge in [0, 0.05) is 11.9 Å². The number of rotatable bonds is 3. The summed E-state index contributed by atoms with van der Waals surface area (Å²) in [6, 6.07) is 1.69. The van der Waals surface area contributed by atoms with E-state index >= 15 is 0 Å². The van der Waals surface area contributed by atoms with Crippen LogP contribution in [0.4, 0.5) is 5.00 Å². The predicted molar refractivity (Wildman–Crippen MR) is 84.0 cm³/mol. The summed E-state index contributed by atoms with van der Waals surface area (Å²) in [7, 11) is 3.06. The Balaban J connectivity index is 2.32. The molecule has 1 amide bonds. The molecule has 0 aromatic carbocycles. The van der Waals surface area contributed by atoms with E-state index < -0.39 is 5.97 Å². The van der Waals surface area contributed by atoms with Gasteiger partial charge in [-0.25, -0.2) is 4.79 Å². The molecule has 2 aromatic rings. The molecule has 0 aliphatic rings. The molecule has 0 aliphatic carbocycles. The topological polar surface area (TPSA) is 73.2 Å². The van der Waals surface area contributed by atoms with Gasteiger partial charge in [0.1, 0.15) is 5.00 Å². The average molecular weight is 372 g/mol. The maximum atomic E-state index is 12.3. The lowest BCUT2D eigenvalue weighted by atomic mass is 10.3. The maximum absolute atomic E-state index is 12.3. The Kier molecular flexibility index (Phi) is 4.48. The van der Waals surface area contributed by atoms with E-state index in [9.17, 15) is 9.59 Å². The summed E-state index contributed by atoms with van der Waals surface area (Å²) in [4.78, 5) is 24.9. The monoisotopic (exact) mass is 371 g/mol. The molecule has 21 heavy (non-hydrogen) atoms. The van der Waals surface area contributed by atoms with Crippen molar-refractivity contribution in [2.45, 2.75) is 13.8 Å². The van der Waals surface area contributed by atoms with Gasteiger partial charge in [0.2, 0.25) is 0 Å². The SMILES string of the molecule is COC(=O)c1cc(C)sc1NC(=O)c1nn(C)c(C)c1Br. The number of ether oxygens (including phenoxy) is 1.